The summed E-state index contributed by atoms with van der Waals surface area (Å²) in [5, 5.41) is 39.0. The van der Waals surface area contributed by atoms with Gasteiger partial charge in [-0.2, -0.15) is 4.98 Å². The van der Waals surface area contributed by atoms with Crippen molar-refractivity contribution in [1.82, 2.24) is 20.4 Å². The molecular formula is C23H26N6O8. The third-order valence-corrected chi connectivity index (χ3v) is 5.35. The van der Waals surface area contributed by atoms with Gasteiger partial charge in [0, 0.05) is 25.3 Å². The number of rotatable bonds is 11. The summed E-state index contributed by atoms with van der Waals surface area (Å²) in [7, 11) is 3.00. The zero-order valence-corrected chi connectivity index (χ0v) is 20.0. The van der Waals surface area contributed by atoms with Gasteiger partial charge in [0.2, 0.25) is 17.6 Å². The average molecular weight is 514 g/mol. The Morgan fingerprint density at radius 2 is 1.97 bits per heavy atom. The number of para-hydroxylation sites is 1. The molecule has 0 spiro atoms. The van der Waals surface area contributed by atoms with E-state index < -0.39 is 12.0 Å². The van der Waals surface area contributed by atoms with E-state index in [0.717, 1.165) is 19.0 Å². The number of aromatic nitrogens is 3. The highest BCUT2D eigenvalue weighted by molar-refractivity contribution is 6.02. The van der Waals surface area contributed by atoms with E-state index in [1.54, 1.807) is 30.6 Å². The van der Waals surface area contributed by atoms with E-state index in [1.165, 1.54) is 13.2 Å². The molecule has 0 saturated heterocycles. The summed E-state index contributed by atoms with van der Waals surface area (Å²) in [5.41, 5.74) is 0.820. The number of amides is 2. The maximum absolute atomic E-state index is 12.6. The predicted molar refractivity (Wildman–Crippen MR) is 128 cm³/mol. The van der Waals surface area contributed by atoms with Crippen molar-refractivity contribution < 1.29 is 38.9 Å². The highest BCUT2D eigenvalue weighted by Gasteiger charge is 2.30. The lowest BCUT2D eigenvalue weighted by Crippen LogP contribution is -2.48. The molecule has 0 atom stereocenters. The van der Waals surface area contributed by atoms with Crippen LogP contribution in [0.3, 0.4) is 0 Å². The first-order chi connectivity index (χ1) is 17.7. The first-order valence-electron chi connectivity index (χ1n) is 11.2. The maximum atomic E-state index is 12.6. The normalized spacial score (nSPS) is 13.2. The minimum Gasteiger partial charge on any atom is -0.494 e. The third-order valence-electron chi connectivity index (χ3n) is 5.35. The third kappa shape index (κ3) is 6.56. The molecule has 1 saturated carbocycles. The van der Waals surface area contributed by atoms with Crippen LogP contribution in [0.1, 0.15) is 29.1 Å². The topological polar surface area (TPSA) is 201 Å². The van der Waals surface area contributed by atoms with Gasteiger partial charge in [0.25, 0.3) is 5.91 Å². The molecule has 37 heavy (non-hydrogen) atoms. The number of nitrogens with one attached hydrogen (secondary N) is 3. The number of ether oxygens (including phenoxy) is 2. The molecule has 4 rings (SSSR count). The number of methoxy groups -OCH3 is 2. The SMILES string of the molecule is COCCc1nc(-c2cccc(Nc3cc(NC(=O)C4CC4)ncc3C(=O)NC(O)(O)O)c2OC)no1. The highest BCUT2D eigenvalue weighted by atomic mass is 16.7. The number of carbonyl (C=O) groups excluding carboxylic acids is 2. The van der Waals surface area contributed by atoms with Crippen LogP contribution in [-0.4, -0.2) is 69.2 Å². The summed E-state index contributed by atoms with van der Waals surface area (Å²) in [4.78, 5) is 33.3. The van der Waals surface area contributed by atoms with Crippen LogP contribution in [0.4, 0.5) is 17.2 Å². The van der Waals surface area contributed by atoms with E-state index in [9.17, 15) is 24.9 Å². The average Bonchev–Trinajstić information content (AvgIpc) is 3.60. The fraction of sp³-hybridized carbons (Fsp3) is 0.348. The van der Waals surface area contributed by atoms with Gasteiger partial charge in [0.15, 0.2) is 5.75 Å². The van der Waals surface area contributed by atoms with Crippen molar-refractivity contribution in [2.75, 3.05) is 31.5 Å². The van der Waals surface area contributed by atoms with Gasteiger partial charge in [-0.05, 0) is 25.0 Å². The lowest BCUT2D eigenvalue weighted by Gasteiger charge is -2.19. The molecule has 0 unspecified atom stereocenters. The summed E-state index contributed by atoms with van der Waals surface area (Å²) >= 11 is 0. The van der Waals surface area contributed by atoms with Gasteiger partial charge in [0.1, 0.15) is 5.82 Å². The molecule has 6 N–H and O–H groups in total. The Bertz CT molecular complexity index is 1280. The second kappa shape index (κ2) is 10.9. The molecular weight excluding hydrogens is 488 g/mol. The largest absolute Gasteiger partial charge is 0.494 e. The molecule has 14 heteroatoms. The van der Waals surface area contributed by atoms with E-state index in [1.807, 2.05) is 0 Å². The Balaban J connectivity index is 1.69. The minimum atomic E-state index is -3.45. The summed E-state index contributed by atoms with van der Waals surface area (Å²) in [6, 6.07) is 6.47. The van der Waals surface area contributed by atoms with Crippen LogP contribution in [0, 0.1) is 5.92 Å². The molecule has 1 fully saturated rings. The molecule has 1 aliphatic carbocycles. The van der Waals surface area contributed by atoms with Gasteiger partial charge in [-0.25, -0.2) is 4.98 Å². The number of carbonyl (C=O) groups is 2. The number of pyridine rings is 1. The van der Waals surface area contributed by atoms with Gasteiger partial charge in [0.05, 0.1) is 42.6 Å². The first kappa shape index (κ1) is 26.0. The Labute approximate surface area is 210 Å². The lowest BCUT2D eigenvalue weighted by molar-refractivity contribution is -0.323. The number of benzene rings is 1. The summed E-state index contributed by atoms with van der Waals surface area (Å²) in [6.07, 6.45) is -0.337. The number of aliphatic hydroxyl groups is 3. The maximum Gasteiger partial charge on any atom is 0.369 e. The standard InChI is InChI=1S/C23H26N6O8/c1-35-9-8-18-27-20(29-37-18)13-4-3-5-15(19(13)36-2)25-16-10-17(26-21(30)12-6-7-12)24-11-14(16)22(31)28-23(32,33)34/h3-5,10-12,32-34H,6-9H2,1-2H3,(H,28,31)(H2,24,25,26,30). The van der Waals surface area contributed by atoms with Crippen molar-refractivity contribution in [3.05, 3.63) is 41.9 Å². The molecule has 3 aromatic rings. The van der Waals surface area contributed by atoms with Gasteiger partial charge < -0.3 is 39.9 Å². The van der Waals surface area contributed by atoms with E-state index in [4.69, 9.17) is 14.0 Å². The number of nitrogens with zero attached hydrogens (tertiary/aromatic N) is 3. The van der Waals surface area contributed by atoms with Crippen LogP contribution in [0.2, 0.25) is 0 Å². The quantitative estimate of drug-likeness (QED) is 0.196. The molecule has 0 radical (unpaired) electrons. The second-order valence-corrected chi connectivity index (χ2v) is 8.23. The second-order valence-electron chi connectivity index (χ2n) is 8.23. The van der Waals surface area contributed by atoms with Crippen molar-refractivity contribution >= 4 is 29.0 Å². The van der Waals surface area contributed by atoms with Crippen LogP contribution in [0.5, 0.6) is 5.75 Å². The molecule has 196 valence electrons. The van der Waals surface area contributed by atoms with Gasteiger partial charge >= 0.3 is 6.10 Å². The Morgan fingerprint density at radius 3 is 2.65 bits per heavy atom. The van der Waals surface area contributed by atoms with Crippen molar-refractivity contribution in [3.63, 3.8) is 0 Å². The molecule has 14 nitrogen and oxygen atoms in total. The van der Waals surface area contributed by atoms with Crippen LogP contribution < -0.4 is 20.7 Å². The van der Waals surface area contributed by atoms with Gasteiger partial charge in [-0.3, -0.25) is 14.9 Å². The van der Waals surface area contributed by atoms with Crippen LogP contribution in [0.15, 0.2) is 35.0 Å². The minimum absolute atomic E-state index is 0.0829. The fourth-order valence-electron chi connectivity index (χ4n) is 3.43. The summed E-state index contributed by atoms with van der Waals surface area (Å²) in [6.45, 7) is 0.406. The molecule has 2 amide bonds. The monoisotopic (exact) mass is 514 g/mol. The fourth-order valence-corrected chi connectivity index (χ4v) is 3.43. The molecule has 0 aliphatic heterocycles. The summed E-state index contributed by atoms with van der Waals surface area (Å²) in [5.74, 6) is -0.218. The van der Waals surface area contributed by atoms with Crippen LogP contribution >= 0.6 is 0 Å². The highest BCUT2D eigenvalue weighted by Crippen LogP contribution is 2.38. The number of hydrogen-bond donors (Lipinski definition) is 6. The van der Waals surface area contributed by atoms with Gasteiger partial charge in [-0.1, -0.05) is 11.2 Å². The van der Waals surface area contributed by atoms with Crippen molar-refractivity contribution in [2.45, 2.75) is 25.4 Å². The van der Waals surface area contributed by atoms with E-state index in [2.05, 4.69) is 25.8 Å². The van der Waals surface area contributed by atoms with Crippen molar-refractivity contribution in [2.24, 2.45) is 5.92 Å². The Morgan fingerprint density at radius 1 is 1.19 bits per heavy atom. The smallest absolute Gasteiger partial charge is 0.369 e. The van der Waals surface area contributed by atoms with E-state index >= 15 is 0 Å². The van der Waals surface area contributed by atoms with Gasteiger partial charge in [-0.15, -0.1) is 0 Å². The first-order valence-corrected chi connectivity index (χ1v) is 11.2. The molecule has 2 aromatic heterocycles. The Kier molecular flexibility index (Phi) is 7.63. The zero-order valence-electron chi connectivity index (χ0n) is 20.0. The van der Waals surface area contributed by atoms with E-state index in [-0.39, 0.29) is 34.7 Å². The molecule has 2 heterocycles. The zero-order chi connectivity index (χ0) is 26.6. The molecule has 0 bridgehead atoms. The molecule has 1 aromatic carbocycles. The summed E-state index contributed by atoms with van der Waals surface area (Å²) < 4.78 is 15.9. The van der Waals surface area contributed by atoms with Crippen LogP contribution in [-0.2, 0) is 16.0 Å². The number of anilines is 3. The van der Waals surface area contributed by atoms with Crippen molar-refractivity contribution in [1.29, 1.82) is 0 Å². The van der Waals surface area contributed by atoms with Crippen LogP contribution in [0.25, 0.3) is 11.4 Å². The predicted octanol–water partition coefficient (Wildman–Crippen LogP) is 0.739. The van der Waals surface area contributed by atoms with E-state index in [0.29, 0.717) is 35.9 Å². The Hall–Kier alpha value is -4.11. The van der Waals surface area contributed by atoms with Crippen molar-refractivity contribution in [3.8, 4) is 17.1 Å². The number of hydrogen-bond acceptors (Lipinski definition) is 12. The lowest BCUT2D eigenvalue weighted by atomic mass is 10.1. The molecule has 1 aliphatic rings.